The van der Waals surface area contributed by atoms with Crippen LogP contribution in [0.1, 0.15) is 5.56 Å². The molecule has 0 atom stereocenters. The third-order valence-electron chi connectivity index (χ3n) is 2.98. The van der Waals surface area contributed by atoms with Crippen molar-refractivity contribution in [3.8, 4) is 11.5 Å². The first kappa shape index (κ1) is 17.8. The summed E-state index contributed by atoms with van der Waals surface area (Å²) in [6, 6.07) is 6.03. The van der Waals surface area contributed by atoms with Crippen molar-refractivity contribution in [1.82, 2.24) is 0 Å². The average Bonchev–Trinajstić information content (AvgIpc) is 2.47. The average molecular weight is 363 g/mol. The first-order valence-electron chi connectivity index (χ1n) is 6.35. The van der Waals surface area contributed by atoms with Gasteiger partial charge in [0.2, 0.25) is 0 Å². The normalized spacial score (nSPS) is 11.2. The number of nitrogens with zero attached hydrogens (tertiary/aromatic N) is 2. The smallest absolute Gasteiger partial charge is 0.416 e. The molecule has 6 nitrogen and oxygen atoms in total. The first-order valence-corrected chi connectivity index (χ1v) is 6.73. The number of benzene rings is 2. The Bertz CT molecular complexity index is 781. The summed E-state index contributed by atoms with van der Waals surface area (Å²) >= 11 is 5.78. The minimum absolute atomic E-state index is 0.0539. The zero-order chi connectivity index (χ0) is 18.1. The van der Waals surface area contributed by atoms with Gasteiger partial charge < -0.3 is 4.74 Å². The van der Waals surface area contributed by atoms with Gasteiger partial charge in [-0.3, -0.25) is 20.4 Å². The van der Waals surface area contributed by atoms with Crippen molar-refractivity contribution in [3.05, 3.63) is 57.1 Å². The Balaban J connectivity index is 2.35. The van der Waals surface area contributed by atoms with Gasteiger partial charge in [-0.25, -0.2) is 0 Å². The number of anilines is 1. The Kier molecular flexibility index (Phi) is 4.86. The molecule has 0 fully saturated rings. The van der Waals surface area contributed by atoms with Crippen LogP contribution < -0.4 is 9.80 Å². The summed E-state index contributed by atoms with van der Waals surface area (Å²) in [5, 5.41) is 20.6. The van der Waals surface area contributed by atoms with Gasteiger partial charge >= 0.3 is 6.18 Å². The lowest BCUT2D eigenvalue weighted by atomic mass is 10.2. The highest BCUT2D eigenvalue weighted by Crippen LogP contribution is 2.38. The summed E-state index contributed by atoms with van der Waals surface area (Å²) in [7, 11) is 1.18. The van der Waals surface area contributed by atoms with E-state index in [1.807, 2.05) is 0 Å². The molecule has 0 saturated heterocycles. The number of hydrogen-bond acceptors (Lipinski definition) is 5. The minimum atomic E-state index is -4.54. The third-order valence-corrected chi connectivity index (χ3v) is 3.27. The second kappa shape index (κ2) is 6.54. The zero-order valence-corrected chi connectivity index (χ0v) is 12.8. The number of halogens is 4. The van der Waals surface area contributed by atoms with E-state index in [1.54, 1.807) is 0 Å². The molecule has 24 heavy (non-hydrogen) atoms. The largest absolute Gasteiger partial charge is 0.456 e. The van der Waals surface area contributed by atoms with E-state index in [1.165, 1.54) is 13.1 Å². The lowest BCUT2D eigenvalue weighted by molar-refractivity contribution is -0.384. The lowest BCUT2D eigenvalue weighted by Gasteiger charge is -2.14. The van der Waals surface area contributed by atoms with Gasteiger partial charge in [0.05, 0.1) is 15.5 Å². The summed E-state index contributed by atoms with van der Waals surface area (Å²) < 4.78 is 43.1. The molecule has 0 bridgehead atoms. The molecule has 2 aromatic rings. The van der Waals surface area contributed by atoms with Crippen LogP contribution in [0, 0.1) is 10.1 Å². The second-order valence-electron chi connectivity index (χ2n) is 4.68. The maximum atomic E-state index is 12.6. The quantitative estimate of drug-likeness (QED) is 0.619. The van der Waals surface area contributed by atoms with Crippen LogP contribution in [0.2, 0.25) is 5.02 Å². The van der Waals surface area contributed by atoms with Crippen LogP contribution in [-0.4, -0.2) is 17.2 Å². The fraction of sp³-hybridized carbons (Fsp3) is 0.143. The van der Waals surface area contributed by atoms with Gasteiger partial charge in [-0.2, -0.15) is 13.2 Å². The van der Waals surface area contributed by atoms with Crippen molar-refractivity contribution in [2.24, 2.45) is 0 Å². The summed E-state index contributed by atoms with van der Waals surface area (Å²) in [4.78, 5) is 10.2. The Morgan fingerprint density at radius 2 is 1.92 bits per heavy atom. The van der Waals surface area contributed by atoms with E-state index in [4.69, 9.17) is 16.3 Å². The van der Waals surface area contributed by atoms with Gasteiger partial charge in [-0.05, 0) is 24.3 Å². The van der Waals surface area contributed by atoms with Crippen molar-refractivity contribution >= 4 is 23.0 Å². The molecule has 0 heterocycles. The highest BCUT2D eigenvalue weighted by Gasteiger charge is 2.31. The predicted molar refractivity (Wildman–Crippen MR) is 79.8 cm³/mol. The third kappa shape index (κ3) is 3.87. The van der Waals surface area contributed by atoms with Crippen LogP contribution >= 0.6 is 11.6 Å². The summed E-state index contributed by atoms with van der Waals surface area (Å²) in [5.41, 5.74) is -1.45. The monoisotopic (exact) mass is 362 g/mol. The highest BCUT2D eigenvalue weighted by atomic mass is 35.5. The predicted octanol–water partition coefficient (Wildman–Crippen LogP) is 4.88. The molecule has 0 aromatic heterocycles. The molecule has 1 N–H and O–H groups in total. The molecule has 0 amide bonds. The van der Waals surface area contributed by atoms with E-state index in [0.29, 0.717) is 11.1 Å². The number of nitro benzene ring substituents is 1. The number of hydroxylamine groups is 1. The maximum Gasteiger partial charge on any atom is 0.416 e. The fourth-order valence-corrected chi connectivity index (χ4v) is 2.09. The summed E-state index contributed by atoms with van der Waals surface area (Å²) in [6.07, 6.45) is -4.54. The van der Waals surface area contributed by atoms with E-state index in [0.717, 1.165) is 24.3 Å². The van der Waals surface area contributed by atoms with Crippen LogP contribution in [-0.2, 0) is 6.18 Å². The molecule has 0 saturated carbocycles. The standard InChI is InChI=1S/C14H10ClF3N2O4/c1-19(21)12-7-9(3-4-11(12)20(22)23)24-13-5-2-8(6-10(13)15)14(16,17)18/h2-7,21H,1H3. The molecular formula is C14H10ClF3N2O4. The van der Waals surface area contributed by atoms with E-state index in [2.05, 4.69) is 0 Å². The SMILES string of the molecule is CN(O)c1cc(Oc2ccc(C(F)(F)F)cc2Cl)ccc1[N+](=O)[O-]. The molecule has 2 rings (SSSR count). The van der Waals surface area contributed by atoms with Crippen molar-refractivity contribution < 1.29 is 28.0 Å². The molecule has 0 aliphatic heterocycles. The molecular weight excluding hydrogens is 353 g/mol. The van der Waals surface area contributed by atoms with Crippen LogP contribution in [0.4, 0.5) is 24.5 Å². The number of nitro groups is 1. The van der Waals surface area contributed by atoms with Crippen molar-refractivity contribution in [3.63, 3.8) is 0 Å². The highest BCUT2D eigenvalue weighted by molar-refractivity contribution is 6.32. The van der Waals surface area contributed by atoms with Gasteiger partial charge in [-0.15, -0.1) is 0 Å². The minimum Gasteiger partial charge on any atom is -0.456 e. The number of ether oxygens (including phenoxy) is 1. The number of alkyl halides is 3. The Morgan fingerprint density at radius 3 is 2.42 bits per heavy atom. The molecule has 0 aliphatic rings. The topological polar surface area (TPSA) is 75.8 Å². The Hall–Kier alpha value is -2.52. The van der Waals surface area contributed by atoms with Crippen molar-refractivity contribution in [2.75, 3.05) is 12.1 Å². The van der Waals surface area contributed by atoms with Crippen molar-refractivity contribution in [2.45, 2.75) is 6.18 Å². The van der Waals surface area contributed by atoms with Crippen LogP contribution in [0.3, 0.4) is 0 Å². The van der Waals surface area contributed by atoms with Gasteiger partial charge in [0.1, 0.15) is 17.2 Å². The van der Waals surface area contributed by atoms with Gasteiger partial charge in [0.25, 0.3) is 5.69 Å². The maximum absolute atomic E-state index is 12.6. The van der Waals surface area contributed by atoms with Gasteiger partial charge in [0.15, 0.2) is 0 Å². The van der Waals surface area contributed by atoms with Crippen molar-refractivity contribution in [1.29, 1.82) is 0 Å². The van der Waals surface area contributed by atoms with E-state index < -0.39 is 16.7 Å². The van der Waals surface area contributed by atoms with Gasteiger partial charge in [-0.1, -0.05) is 11.6 Å². The molecule has 2 aromatic carbocycles. The molecule has 0 unspecified atom stereocenters. The summed E-state index contributed by atoms with van der Waals surface area (Å²) in [5.74, 6) is -0.0109. The number of rotatable bonds is 4. The molecule has 0 radical (unpaired) electrons. The van der Waals surface area contributed by atoms with E-state index in [9.17, 15) is 28.5 Å². The van der Waals surface area contributed by atoms with E-state index >= 15 is 0 Å². The number of hydrogen-bond donors (Lipinski definition) is 1. The summed E-state index contributed by atoms with van der Waals surface area (Å²) in [6.45, 7) is 0. The van der Waals surface area contributed by atoms with Gasteiger partial charge in [0, 0.05) is 19.2 Å². The van der Waals surface area contributed by atoms with E-state index in [-0.39, 0.29) is 27.9 Å². The lowest BCUT2D eigenvalue weighted by Crippen LogP contribution is -2.12. The molecule has 0 spiro atoms. The molecule has 128 valence electrons. The molecule has 10 heteroatoms. The second-order valence-corrected chi connectivity index (χ2v) is 5.08. The molecule has 0 aliphatic carbocycles. The first-order chi connectivity index (χ1) is 11.1. The van der Waals surface area contributed by atoms with Crippen LogP contribution in [0.25, 0.3) is 0 Å². The zero-order valence-electron chi connectivity index (χ0n) is 12.0. The fourth-order valence-electron chi connectivity index (χ4n) is 1.87. The Morgan fingerprint density at radius 1 is 1.25 bits per heavy atom. The van der Waals surface area contributed by atoms with Crippen LogP contribution in [0.5, 0.6) is 11.5 Å². The Labute approximate surface area is 138 Å². The van der Waals surface area contributed by atoms with Crippen LogP contribution in [0.15, 0.2) is 36.4 Å².